The van der Waals surface area contributed by atoms with Crippen LogP contribution in [0.3, 0.4) is 0 Å². The number of nitrogens with zero attached hydrogens (tertiary/aromatic N) is 3. The maximum absolute atomic E-state index is 13.9. The second kappa shape index (κ2) is 6.18. The molecule has 1 aromatic heterocycles. The zero-order chi connectivity index (χ0) is 16.7. The van der Waals surface area contributed by atoms with Gasteiger partial charge >= 0.3 is 0 Å². The average Bonchev–Trinajstić information content (AvgIpc) is 3.13. The smallest absolute Gasteiger partial charge is 0.124 e. The van der Waals surface area contributed by atoms with Gasteiger partial charge in [0.1, 0.15) is 11.6 Å². The number of fused-ring (bicyclic) bond motifs is 3. The van der Waals surface area contributed by atoms with Crippen LogP contribution in [0.2, 0.25) is 0 Å². The monoisotopic (exact) mass is 331 g/mol. The third-order valence-electron chi connectivity index (χ3n) is 5.26. The molecule has 0 bridgehead atoms. The average molecular weight is 331 g/mol. The fraction of sp³-hybridized carbons (Fsp3) is 0.500. The van der Waals surface area contributed by atoms with Crippen LogP contribution in [-0.2, 0) is 18.3 Å². The van der Waals surface area contributed by atoms with Gasteiger partial charge in [-0.15, -0.1) is 0 Å². The van der Waals surface area contributed by atoms with Crippen molar-refractivity contribution in [2.24, 2.45) is 18.9 Å². The molecule has 0 saturated carbocycles. The minimum Gasteiger partial charge on any atom is -0.493 e. The molecule has 128 valence electrons. The molecule has 3 atom stereocenters. The molecule has 0 unspecified atom stereocenters. The van der Waals surface area contributed by atoms with Gasteiger partial charge in [-0.3, -0.25) is 4.90 Å². The molecule has 2 aliphatic rings. The van der Waals surface area contributed by atoms with Crippen LogP contribution in [0.4, 0.5) is 4.39 Å². The minimum absolute atomic E-state index is 0.152. The van der Waals surface area contributed by atoms with Gasteiger partial charge in [0, 0.05) is 56.9 Å². The van der Waals surface area contributed by atoms with Crippen LogP contribution >= 0.6 is 0 Å². The SMILES string of the molecule is COC[C@@H]1CN(Cc2cncn2C)[C@H]2c3cc(F)ccc3OC[C@@H]12. The number of imidazole rings is 1. The number of likely N-dealkylation sites (tertiary alicyclic amines) is 1. The molecule has 0 N–H and O–H groups in total. The van der Waals surface area contributed by atoms with Crippen LogP contribution in [-0.4, -0.2) is 41.3 Å². The highest BCUT2D eigenvalue weighted by atomic mass is 19.1. The summed E-state index contributed by atoms with van der Waals surface area (Å²) in [7, 11) is 3.73. The summed E-state index contributed by atoms with van der Waals surface area (Å²) >= 11 is 0. The van der Waals surface area contributed by atoms with Crippen molar-refractivity contribution < 1.29 is 13.9 Å². The summed E-state index contributed by atoms with van der Waals surface area (Å²) in [6.45, 7) is 3.04. The van der Waals surface area contributed by atoms with Crippen molar-refractivity contribution in [3.8, 4) is 5.75 Å². The Morgan fingerprint density at radius 1 is 1.42 bits per heavy atom. The van der Waals surface area contributed by atoms with E-state index in [1.54, 1.807) is 19.2 Å². The Labute approximate surface area is 141 Å². The van der Waals surface area contributed by atoms with Crippen LogP contribution < -0.4 is 4.74 Å². The minimum atomic E-state index is -0.214. The fourth-order valence-corrected chi connectivity index (χ4v) is 4.10. The molecule has 4 rings (SSSR count). The molecule has 3 heterocycles. The van der Waals surface area contributed by atoms with Crippen LogP contribution in [0.1, 0.15) is 17.3 Å². The van der Waals surface area contributed by atoms with Gasteiger partial charge in [-0.05, 0) is 18.2 Å². The van der Waals surface area contributed by atoms with Crippen LogP contribution in [0, 0.1) is 17.7 Å². The molecular formula is C18H22FN3O2. The first kappa shape index (κ1) is 15.6. The van der Waals surface area contributed by atoms with Crippen molar-refractivity contribution in [1.82, 2.24) is 14.5 Å². The molecule has 6 heteroatoms. The van der Waals surface area contributed by atoms with Crippen molar-refractivity contribution in [3.05, 3.63) is 47.8 Å². The lowest BCUT2D eigenvalue weighted by atomic mass is 9.85. The molecule has 0 radical (unpaired) electrons. The lowest BCUT2D eigenvalue weighted by molar-refractivity contribution is 0.0979. The van der Waals surface area contributed by atoms with Gasteiger partial charge in [0.2, 0.25) is 0 Å². The van der Waals surface area contributed by atoms with Crippen LogP contribution in [0.25, 0.3) is 0 Å². The van der Waals surface area contributed by atoms with E-state index in [1.807, 2.05) is 24.1 Å². The molecule has 2 aromatic rings. The van der Waals surface area contributed by atoms with Gasteiger partial charge < -0.3 is 14.0 Å². The number of aromatic nitrogens is 2. The second-order valence-electron chi connectivity index (χ2n) is 6.74. The molecule has 5 nitrogen and oxygen atoms in total. The number of methoxy groups -OCH3 is 1. The van der Waals surface area contributed by atoms with Crippen LogP contribution in [0.15, 0.2) is 30.7 Å². The number of hydrogen-bond donors (Lipinski definition) is 0. The zero-order valence-electron chi connectivity index (χ0n) is 14.0. The van der Waals surface area contributed by atoms with E-state index >= 15 is 0 Å². The Morgan fingerprint density at radius 3 is 3.04 bits per heavy atom. The van der Waals surface area contributed by atoms with Crippen molar-refractivity contribution in [1.29, 1.82) is 0 Å². The molecule has 24 heavy (non-hydrogen) atoms. The number of benzene rings is 1. The van der Waals surface area contributed by atoms with E-state index in [0.717, 1.165) is 30.1 Å². The van der Waals surface area contributed by atoms with Crippen molar-refractivity contribution >= 4 is 0 Å². The Bertz CT molecular complexity index is 733. The van der Waals surface area contributed by atoms with E-state index in [-0.39, 0.29) is 11.9 Å². The Hall–Kier alpha value is -1.92. The summed E-state index contributed by atoms with van der Waals surface area (Å²) in [5.41, 5.74) is 2.10. The number of hydrogen-bond acceptors (Lipinski definition) is 4. The first-order chi connectivity index (χ1) is 11.7. The molecule has 0 amide bonds. The predicted molar refractivity (Wildman–Crippen MR) is 87.1 cm³/mol. The number of rotatable bonds is 4. The third-order valence-corrected chi connectivity index (χ3v) is 5.26. The number of halogens is 1. The van der Waals surface area contributed by atoms with E-state index in [4.69, 9.17) is 9.47 Å². The summed E-state index contributed by atoms with van der Waals surface area (Å²) < 4.78 is 27.2. The standard InChI is InChI=1S/C18H22FN3O2/c1-21-11-20-6-14(21)8-22-7-12(9-23-2)16-10-24-17-4-3-13(19)5-15(17)18(16)22/h3-6,11-12,16,18H,7-10H2,1-2H3/t12-,16-,18-/m0/s1. The summed E-state index contributed by atoms with van der Waals surface area (Å²) in [5.74, 6) is 1.27. The first-order valence-corrected chi connectivity index (χ1v) is 8.28. The quantitative estimate of drug-likeness (QED) is 0.862. The van der Waals surface area contributed by atoms with Gasteiger partial charge in [0.25, 0.3) is 0 Å². The third kappa shape index (κ3) is 2.59. The van der Waals surface area contributed by atoms with Gasteiger partial charge in [0.15, 0.2) is 0 Å². The molecule has 0 aliphatic carbocycles. The molecule has 1 saturated heterocycles. The van der Waals surface area contributed by atoms with Crippen molar-refractivity contribution in [2.75, 3.05) is 26.9 Å². The summed E-state index contributed by atoms with van der Waals surface area (Å²) in [6.07, 6.45) is 3.71. The van der Waals surface area contributed by atoms with E-state index < -0.39 is 0 Å². The van der Waals surface area contributed by atoms with Gasteiger partial charge in [-0.2, -0.15) is 0 Å². The molecule has 1 fully saturated rings. The summed E-state index contributed by atoms with van der Waals surface area (Å²) in [6, 6.07) is 4.98. The van der Waals surface area contributed by atoms with Crippen molar-refractivity contribution in [2.45, 2.75) is 12.6 Å². The largest absolute Gasteiger partial charge is 0.493 e. The van der Waals surface area contributed by atoms with Crippen molar-refractivity contribution in [3.63, 3.8) is 0 Å². The number of aryl methyl sites for hydroxylation is 1. The van der Waals surface area contributed by atoms with E-state index in [9.17, 15) is 4.39 Å². The molecule has 0 spiro atoms. The maximum atomic E-state index is 13.9. The van der Waals surface area contributed by atoms with E-state index in [1.165, 1.54) is 6.07 Å². The zero-order valence-corrected chi connectivity index (χ0v) is 14.0. The molecule has 2 aliphatic heterocycles. The Morgan fingerprint density at radius 2 is 2.29 bits per heavy atom. The normalized spacial score (nSPS) is 26.0. The highest BCUT2D eigenvalue weighted by molar-refractivity contribution is 5.39. The predicted octanol–water partition coefficient (Wildman–Crippen LogP) is 2.39. The maximum Gasteiger partial charge on any atom is 0.124 e. The lowest BCUT2D eigenvalue weighted by Crippen LogP contribution is -2.32. The summed E-state index contributed by atoms with van der Waals surface area (Å²) in [4.78, 5) is 6.62. The van der Waals surface area contributed by atoms with E-state index in [2.05, 4.69) is 9.88 Å². The first-order valence-electron chi connectivity index (χ1n) is 8.28. The highest BCUT2D eigenvalue weighted by Gasteiger charge is 2.46. The lowest BCUT2D eigenvalue weighted by Gasteiger charge is -2.34. The van der Waals surface area contributed by atoms with Crippen LogP contribution in [0.5, 0.6) is 5.75 Å². The van der Waals surface area contributed by atoms with E-state index in [0.29, 0.717) is 25.0 Å². The fourth-order valence-electron chi connectivity index (χ4n) is 4.10. The molecular weight excluding hydrogens is 309 g/mol. The highest BCUT2D eigenvalue weighted by Crippen LogP contribution is 2.48. The Kier molecular flexibility index (Phi) is 4.02. The topological polar surface area (TPSA) is 39.5 Å². The van der Waals surface area contributed by atoms with Gasteiger partial charge in [-0.1, -0.05) is 0 Å². The Balaban J connectivity index is 1.69. The second-order valence-corrected chi connectivity index (χ2v) is 6.74. The summed E-state index contributed by atoms with van der Waals surface area (Å²) in [5, 5.41) is 0. The number of ether oxygens (including phenoxy) is 2. The van der Waals surface area contributed by atoms with Gasteiger partial charge in [0.05, 0.1) is 25.2 Å². The molecule has 1 aromatic carbocycles. The van der Waals surface area contributed by atoms with Gasteiger partial charge in [-0.25, -0.2) is 9.37 Å².